The van der Waals surface area contributed by atoms with Gasteiger partial charge in [0.15, 0.2) is 0 Å². The highest BCUT2D eigenvalue weighted by molar-refractivity contribution is 5.80. The van der Waals surface area contributed by atoms with Crippen LogP contribution in [0.15, 0.2) is 65.7 Å². The van der Waals surface area contributed by atoms with Gasteiger partial charge in [0, 0.05) is 6.21 Å². The van der Waals surface area contributed by atoms with Crippen LogP contribution in [-0.2, 0) is 0 Å². The number of allylic oxidation sites excluding steroid dienone is 2. The Bertz CT molecular complexity index is 622. The van der Waals surface area contributed by atoms with Gasteiger partial charge in [-0.1, -0.05) is 74.4 Å². The average Bonchev–Trinajstić information content (AvgIpc) is 2.85. The lowest BCUT2D eigenvalue weighted by atomic mass is 10.1. The molecule has 1 heteroatoms. The van der Waals surface area contributed by atoms with Crippen LogP contribution in [0.1, 0.15) is 43.4 Å². The molecule has 0 radical (unpaired) electrons. The summed E-state index contributed by atoms with van der Waals surface area (Å²) in [7, 11) is 0. The van der Waals surface area contributed by atoms with Gasteiger partial charge >= 0.3 is 0 Å². The normalized spacial score (nSPS) is 14.0. The van der Waals surface area contributed by atoms with Gasteiger partial charge in [-0.05, 0) is 34.8 Å². The molecule has 0 N–H and O–H groups in total. The lowest BCUT2D eigenvalue weighted by Crippen LogP contribution is -1.92. The molecule has 1 aliphatic carbocycles. The molecule has 1 nitrogen and oxygen atoms in total. The van der Waals surface area contributed by atoms with E-state index >= 15 is 0 Å². The molecule has 0 bridgehead atoms. The molecule has 0 aromatic heterocycles. The number of rotatable bonds is 5. The van der Waals surface area contributed by atoms with Crippen LogP contribution in [-0.4, -0.2) is 6.21 Å². The van der Waals surface area contributed by atoms with Gasteiger partial charge in [0.05, 0.1) is 0 Å². The summed E-state index contributed by atoms with van der Waals surface area (Å²) in [5.41, 5.74) is 5.28. The molecule has 0 amide bonds. The van der Waals surface area contributed by atoms with Crippen LogP contribution in [0.4, 0.5) is 0 Å². The van der Waals surface area contributed by atoms with Gasteiger partial charge in [-0.25, -0.2) is 0 Å². The fraction of sp³-hybridized carbons (Fsp3) is 0.250. The summed E-state index contributed by atoms with van der Waals surface area (Å²) in [5.74, 6) is 0. The second kappa shape index (κ2) is 6.53. The zero-order valence-corrected chi connectivity index (χ0v) is 12.5. The molecule has 0 aliphatic heterocycles. The summed E-state index contributed by atoms with van der Waals surface area (Å²) >= 11 is 0. The Balaban J connectivity index is 1.85. The van der Waals surface area contributed by atoms with Gasteiger partial charge in [-0.3, -0.25) is 4.99 Å². The van der Waals surface area contributed by atoms with Crippen molar-refractivity contribution in [3.63, 3.8) is 0 Å². The third-order valence-electron chi connectivity index (χ3n) is 3.98. The smallest absolute Gasteiger partial charge is 0.101 e. The van der Waals surface area contributed by atoms with Crippen molar-refractivity contribution < 1.29 is 0 Å². The van der Waals surface area contributed by atoms with E-state index in [-0.39, 0.29) is 6.04 Å². The number of nitrogens with zero attached hydrogens (tertiary/aromatic N) is 1. The molecule has 0 fully saturated rings. The highest BCUT2D eigenvalue weighted by Crippen LogP contribution is 2.44. The van der Waals surface area contributed by atoms with Crippen LogP contribution >= 0.6 is 0 Å². The summed E-state index contributed by atoms with van der Waals surface area (Å²) in [4.78, 5) is 4.79. The van der Waals surface area contributed by atoms with Crippen LogP contribution in [0, 0.1) is 0 Å². The first-order valence-electron chi connectivity index (χ1n) is 7.78. The maximum Gasteiger partial charge on any atom is 0.101 e. The third-order valence-corrected chi connectivity index (χ3v) is 3.98. The van der Waals surface area contributed by atoms with Gasteiger partial charge < -0.3 is 0 Å². The SMILES string of the molecule is CCCC/C=C/C=NC1c2ccccc2-c2ccccc21. The summed E-state index contributed by atoms with van der Waals surface area (Å²) in [6.45, 7) is 2.22. The Morgan fingerprint density at radius 1 is 0.952 bits per heavy atom. The second-order valence-electron chi connectivity index (χ2n) is 5.45. The molecule has 0 saturated heterocycles. The molecule has 0 unspecified atom stereocenters. The van der Waals surface area contributed by atoms with E-state index in [1.54, 1.807) is 0 Å². The number of unbranched alkanes of at least 4 members (excludes halogenated alkanes) is 2. The first-order valence-corrected chi connectivity index (χ1v) is 7.78. The average molecular weight is 275 g/mol. The Morgan fingerprint density at radius 2 is 1.57 bits per heavy atom. The molecule has 0 atom stereocenters. The van der Waals surface area contributed by atoms with Crippen molar-refractivity contribution in [3.05, 3.63) is 71.8 Å². The molecule has 0 saturated carbocycles. The van der Waals surface area contributed by atoms with E-state index in [0.717, 1.165) is 6.42 Å². The lowest BCUT2D eigenvalue weighted by molar-refractivity contribution is 0.815. The van der Waals surface area contributed by atoms with E-state index in [1.807, 2.05) is 6.21 Å². The zero-order valence-electron chi connectivity index (χ0n) is 12.5. The van der Waals surface area contributed by atoms with E-state index in [1.165, 1.54) is 35.1 Å². The van der Waals surface area contributed by atoms with E-state index in [9.17, 15) is 0 Å². The molecule has 0 heterocycles. The number of fused-ring (bicyclic) bond motifs is 3. The van der Waals surface area contributed by atoms with Crippen molar-refractivity contribution in [2.24, 2.45) is 4.99 Å². The van der Waals surface area contributed by atoms with Crippen molar-refractivity contribution >= 4 is 6.21 Å². The molecule has 0 spiro atoms. The van der Waals surface area contributed by atoms with E-state index in [0.29, 0.717) is 0 Å². The topological polar surface area (TPSA) is 12.4 Å². The maximum absolute atomic E-state index is 4.79. The minimum atomic E-state index is 0.147. The van der Waals surface area contributed by atoms with Gasteiger partial charge in [0.1, 0.15) is 6.04 Å². The Hall–Kier alpha value is -2.15. The molecule has 1 aliphatic rings. The predicted octanol–water partition coefficient (Wildman–Crippen LogP) is 5.57. The van der Waals surface area contributed by atoms with Crippen molar-refractivity contribution in [2.75, 3.05) is 0 Å². The Labute approximate surface area is 127 Å². The largest absolute Gasteiger partial charge is 0.280 e. The van der Waals surface area contributed by atoms with Crippen LogP contribution in [0.25, 0.3) is 11.1 Å². The van der Waals surface area contributed by atoms with Gasteiger partial charge in [-0.2, -0.15) is 0 Å². The van der Waals surface area contributed by atoms with Crippen molar-refractivity contribution in [3.8, 4) is 11.1 Å². The maximum atomic E-state index is 4.79. The summed E-state index contributed by atoms with van der Waals surface area (Å²) < 4.78 is 0. The number of hydrogen-bond donors (Lipinski definition) is 0. The highest BCUT2D eigenvalue weighted by Gasteiger charge is 2.26. The minimum Gasteiger partial charge on any atom is -0.280 e. The fourth-order valence-electron chi connectivity index (χ4n) is 2.90. The van der Waals surface area contributed by atoms with Gasteiger partial charge in [0.2, 0.25) is 0 Å². The molecule has 3 rings (SSSR count). The quantitative estimate of drug-likeness (QED) is 0.499. The molecule has 21 heavy (non-hydrogen) atoms. The summed E-state index contributed by atoms with van der Waals surface area (Å²) in [6, 6.07) is 17.3. The molecular formula is C20H21N. The van der Waals surface area contributed by atoms with E-state index in [2.05, 4.69) is 67.6 Å². The van der Waals surface area contributed by atoms with Crippen molar-refractivity contribution in [2.45, 2.75) is 32.2 Å². The third kappa shape index (κ3) is 2.82. The zero-order chi connectivity index (χ0) is 14.5. The van der Waals surface area contributed by atoms with Crippen molar-refractivity contribution in [1.29, 1.82) is 0 Å². The monoisotopic (exact) mass is 275 g/mol. The minimum absolute atomic E-state index is 0.147. The Morgan fingerprint density at radius 3 is 2.19 bits per heavy atom. The van der Waals surface area contributed by atoms with Crippen LogP contribution < -0.4 is 0 Å². The first kappa shape index (κ1) is 13.8. The standard InChI is InChI=1S/C20H21N/c1-2-3-4-5-10-15-21-20-18-13-8-6-11-16(18)17-12-7-9-14-19(17)20/h5-15,20H,2-4H2,1H3/b10-5+,21-15?. The van der Waals surface area contributed by atoms with Crippen LogP contribution in [0.5, 0.6) is 0 Å². The van der Waals surface area contributed by atoms with E-state index in [4.69, 9.17) is 4.99 Å². The fourth-order valence-corrected chi connectivity index (χ4v) is 2.90. The summed E-state index contributed by atoms with van der Waals surface area (Å²) in [6.07, 6.45) is 9.88. The van der Waals surface area contributed by atoms with Gasteiger partial charge in [0.25, 0.3) is 0 Å². The van der Waals surface area contributed by atoms with Crippen molar-refractivity contribution in [1.82, 2.24) is 0 Å². The van der Waals surface area contributed by atoms with Crippen LogP contribution in [0.2, 0.25) is 0 Å². The number of aliphatic imine (C=N–C) groups is 1. The molecular weight excluding hydrogens is 254 g/mol. The van der Waals surface area contributed by atoms with E-state index < -0.39 is 0 Å². The summed E-state index contributed by atoms with van der Waals surface area (Å²) in [5, 5.41) is 0. The number of benzene rings is 2. The molecule has 106 valence electrons. The number of hydrogen-bond acceptors (Lipinski definition) is 1. The van der Waals surface area contributed by atoms with Crippen LogP contribution in [0.3, 0.4) is 0 Å². The first-order chi connectivity index (χ1) is 10.4. The predicted molar refractivity (Wildman–Crippen MR) is 90.9 cm³/mol. The molecule has 2 aromatic carbocycles. The lowest BCUT2D eigenvalue weighted by Gasteiger charge is -2.06. The Kier molecular flexibility index (Phi) is 4.30. The molecule has 2 aromatic rings. The highest BCUT2D eigenvalue weighted by atomic mass is 14.8. The van der Waals surface area contributed by atoms with Gasteiger partial charge in [-0.15, -0.1) is 0 Å². The second-order valence-corrected chi connectivity index (χ2v) is 5.45.